The van der Waals surface area contributed by atoms with Crippen molar-refractivity contribution in [1.82, 2.24) is 0 Å². The molecular formula is C16H26. The lowest BCUT2D eigenvalue weighted by Gasteiger charge is -2.65. The molecule has 0 radical (unpaired) electrons. The average Bonchev–Trinajstić information content (AvgIpc) is 2.57. The second-order valence-electron chi connectivity index (χ2n) is 6.86. The van der Waals surface area contributed by atoms with Gasteiger partial charge in [-0.1, -0.05) is 53.7 Å². The minimum atomic E-state index is 0.330. The van der Waals surface area contributed by atoms with Crippen molar-refractivity contribution >= 4 is 0 Å². The highest BCUT2D eigenvalue weighted by molar-refractivity contribution is 5.47. The molecule has 2 aliphatic carbocycles. The van der Waals surface area contributed by atoms with Crippen molar-refractivity contribution in [3.05, 3.63) is 23.3 Å². The van der Waals surface area contributed by atoms with Gasteiger partial charge in [0.2, 0.25) is 0 Å². The van der Waals surface area contributed by atoms with E-state index < -0.39 is 0 Å². The van der Waals surface area contributed by atoms with E-state index in [0.717, 1.165) is 0 Å². The zero-order valence-electron chi connectivity index (χ0n) is 11.8. The van der Waals surface area contributed by atoms with Crippen LogP contribution in [-0.4, -0.2) is 0 Å². The Kier molecular flexibility index (Phi) is 2.42. The third-order valence-corrected chi connectivity index (χ3v) is 5.10. The smallest absolute Gasteiger partial charge is 0.0175 e. The van der Waals surface area contributed by atoms with Gasteiger partial charge < -0.3 is 0 Å². The number of hydrogen-bond acceptors (Lipinski definition) is 0. The molecule has 0 saturated heterocycles. The van der Waals surface area contributed by atoms with Crippen LogP contribution in [0.25, 0.3) is 0 Å². The molecule has 16 heavy (non-hydrogen) atoms. The molecule has 0 atom stereocenters. The first-order valence-corrected chi connectivity index (χ1v) is 6.73. The monoisotopic (exact) mass is 218 g/mol. The summed E-state index contributed by atoms with van der Waals surface area (Å²) in [6.45, 7) is 14.3. The summed E-state index contributed by atoms with van der Waals surface area (Å²) in [5, 5.41) is 0. The van der Waals surface area contributed by atoms with E-state index in [-0.39, 0.29) is 0 Å². The van der Waals surface area contributed by atoms with Crippen molar-refractivity contribution in [2.45, 2.75) is 60.8 Å². The highest BCUT2D eigenvalue weighted by Gasteiger charge is 2.63. The molecule has 2 rings (SSSR count). The summed E-state index contributed by atoms with van der Waals surface area (Å²) in [5.41, 5.74) is 4.41. The Morgan fingerprint density at radius 2 is 1.25 bits per heavy atom. The summed E-state index contributed by atoms with van der Waals surface area (Å²) in [4.78, 5) is 0. The minimum absolute atomic E-state index is 0.330. The molecule has 2 aliphatic rings. The molecule has 1 spiro atoms. The topological polar surface area (TPSA) is 0 Å². The zero-order chi connectivity index (χ0) is 12.2. The van der Waals surface area contributed by atoms with Gasteiger partial charge in [0, 0.05) is 5.41 Å². The fourth-order valence-electron chi connectivity index (χ4n) is 4.42. The van der Waals surface area contributed by atoms with Gasteiger partial charge in [-0.2, -0.15) is 0 Å². The van der Waals surface area contributed by atoms with Crippen LogP contribution in [0, 0.1) is 16.2 Å². The highest BCUT2D eigenvalue weighted by atomic mass is 14.7. The maximum atomic E-state index is 2.59. The molecule has 0 N–H and O–H groups in total. The van der Waals surface area contributed by atoms with Crippen LogP contribution < -0.4 is 0 Å². The van der Waals surface area contributed by atoms with E-state index in [1.54, 1.807) is 11.1 Å². The number of hydrogen-bond donors (Lipinski definition) is 0. The molecule has 1 fully saturated rings. The fraction of sp³-hybridized carbons (Fsp3) is 0.750. The third-order valence-electron chi connectivity index (χ3n) is 5.10. The van der Waals surface area contributed by atoms with Crippen LogP contribution in [0.4, 0.5) is 0 Å². The molecule has 1 saturated carbocycles. The zero-order valence-corrected chi connectivity index (χ0v) is 11.8. The molecule has 0 aromatic heterocycles. The first-order chi connectivity index (χ1) is 7.29. The standard InChI is InChI=1S/C16H26/c1-7-12-9-16(10-13(12)8-2)14(3,4)11-15(16,5)6/h9-10H,7-8,11H2,1-6H3. The molecule has 0 heterocycles. The van der Waals surface area contributed by atoms with E-state index in [9.17, 15) is 0 Å². The van der Waals surface area contributed by atoms with E-state index in [0.29, 0.717) is 16.2 Å². The van der Waals surface area contributed by atoms with Crippen LogP contribution in [0.5, 0.6) is 0 Å². The van der Waals surface area contributed by atoms with Crippen molar-refractivity contribution in [2.24, 2.45) is 16.2 Å². The second-order valence-corrected chi connectivity index (χ2v) is 6.86. The van der Waals surface area contributed by atoms with Gasteiger partial charge in [0.15, 0.2) is 0 Å². The molecule has 0 bridgehead atoms. The largest absolute Gasteiger partial charge is 0.0700 e. The maximum absolute atomic E-state index is 2.59. The van der Waals surface area contributed by atoms with E-state index in [4.69, 9.17) is 0 Å². The molecule has 0 heteroatoms. The van der Waals surface area contributed by atoms with E-state index in [1.807, 2.05) is 0 Å². The fourth-order valence-corrected chi connectivity index (χ4v) is 4.42. The summed E-state index contributed by atoms with van der Waals surface area (Å²) in [7, 11) is 0. The number of rotatable bonds is 2. The lowest BCUT2D eigenvalue weighted by Crippen LogP contribution is -2.58. The first-order valence-electron chi connectivity index (χ1n) is 6.73. The number of allylic oxidation sites excluding steroid dienone is 4. The van der Waals surface area contributed by atoms with E-state index in [1.165, 1.54) is 19.3 Å². The summed E-state index contributed by atoms with van der Waals surface area (Å²) < 4.78 is 0. The molecule has 0 aliphatic heterocycles. The predicted molar refractivity (Wildman–Crippen MR) is 71.4 cm³/mol. The van der Waals surface area contributed by atoms with Gasteiger partial charge in [-0.15, -0.1) is 0 Å². The van der Waals surface area contributed by atoms with E-state index in [2.05, 4.69) is 53.7 Å². The Labute approximate surface area is 101 Å². The maximum Gasteiger partial charge on any atom is 0.0175 e. The summed E-state index contributed by atoms with van der Waals surface area (Å²) in [6.07, 6.45) is 8.90. The Morgan fingerprint density at radius 3 is 1.50 bits per heavy atom. The average molecular weight is 218 g/mol. The van der Waals surface area contributed by atoms with Gasteiger partial charge in [0.25, 0.3) is 0 Å². The van der Waals surface area contributed by atoms with Crippen molar-refractivity contribution in [3.8, 4) is 0 Å². The van der Waals surface area contributed by atoms with Crippen molar-refractivity contribution in [3.63, 3.8) is 0 Å². The summed E-state index contributed by atoms with van der Waals surface area (Å²) in [5.74, 6) is 0. The van der Waals surface area contributed by atoms with Crippen molar-refractivity contribution < 1.29 is 0 Å². The van der Waals surface area contributed by atoms with E-state index >= 15 is 0 Å². The van der Waals surface area contributed by atoms with Crippen LogP contribution >= 0.6 is 0 Å². The Hall–Kier alpha value is -0.520. The lowest BCUT2D eigenvalue weighted by molar-refractivity contribution is -0.109. The Morgan fingerprint density at radius 1 is 0.875 bits per heavy atom. The molecule has 0 nitrogen and oxygen atoms in total. The predicted octanol–water partition coefficient (Wildman–Crippen LogP) is 5.12. The summed E-state index contributed by atoms with van der Waals surface area (Å²) in [6, 6.07) is 0. The van der Waals surface area contributed by atoms with Gasteiger partial charge in [0.1, 0.15) is 0 Å². The van der Waals surface area contributed by atoms with Gasteiger partial charge in [0.05, 0.1) is 0 Å². The van der Waals surface area contributed by atoms with Crippen molar-refractivity contribution in [1.29, 1.82) is 0 Å². The molecule has 0 unspecified atom stereocenters. The quantitative estimate of drug-likeness (QED) is 0.604. The Bertz CT molecular complexity index is 327. The summed E-state index contributed by atoms with van der Waals surface area (Å²) >= 11 is 0. The highest BCUT2D eigenvalue weighted by Crippen LogP contribution is 2.71. The third kappa shape index (κ3) is 1.22. The normalized spacial score (nSPS) is 28.6. The van der Waals surface area contributed by atoms with Crippen LogP contribution in [0.3, 0.4) is 0 Å². The van der Waals surface area contributed by atoms with Gasteiger partial charge in [-0.25, -0.2) is 0 Å². The van der Waals surface area contributed by atoms with Crippen LogP contribution in [0.1, 0.15) is 60.8 Å². The second kappa shape index (κ2) is 3.24. The van der Waals surface area contributed by atoms with Crippen molar-refractivity contribution in [2.75, 3.05) is 0 Å². The van der Waals surface area contributed by atoms with Gasteiger partial charge in [-0.05, 0) is 41.2 Å². The molecule has 90 valence electrons. The Balaban J connectivity index is 2.49. The molecule has 0 aromatic rings. The minimum Gasteiger partial charge on any atom is -0.0700 e. The van der Waals surface area contributed by atoms with Crippen LogP contribution in [-0.2, 0) is 0 Å². The first kappa shape index (κ1) is 12.0. The lowest BCUT2D eigenvalue weighted by atomic mass is 9.39. The molecular weight excluding hydrogens is 192 g/mol. The van der Waals surface area contributed by atoms with Crippen LogP contribution in [0.2, 0.25) is 0 Å². The molecule has 0 amide bonds. The van der Waals surface area contributed by atoms with Crippen LogP contribution in [0.15, 0.2) is 23.3 Å². The molecule has 0 aromatic carbocycles. The SMILES string of the molecule is CCC1=CC2(C=C1CC)C(C)(C)CC2(C)C. The van der Waals surface area contributed by atoms with Gasteiger partial charge in [-0.3, -0.25) is 0 Å². The van der Waals surface area contributed by atoms with Gasteiger partial charge >= 0.3 is 0 Å².